The Kier molecular flexibility index (Phi) is 7.39. The SMILES string of the molecule is CC(C)(C)c1ccc(OP(=O)(O)Oc2ccc(C(C)(C)C)cc2)cc1.[H-].[H-].[Mg+2]. The van der Waals surface area contributed by atoms with Crippen LogP contribution in [-0.4, -0.2) is 27.9 Å². The Morgan fingerprint density at radius 3 is 1.23 bits per heavy atom. The van der Waals surface area contributed by atoms with Gasteiger partial charge in [0.05, 0.1) is 0 Å². The summed E-state index contributed by atoms with van der Waals surface area (Å²) in [7, 11) is -4.25. The fourth-order valence-corrected chi connectivity index (χ4v) is 3.13. The van der Waals surface area contributed by atoms with Crippen molar-refractivity contribution in [2.45, 2.75) is 52.4 Å². The second-order valence-electron chi connectivity index (χ2n) is 8.20. The van der Waals surface area contributed by atoms with Crippen LogP contribution in [0.2, 0.25) is 0 Å². The third kappa shape index (κ3) is 6.62. The third-order valence-electron chi connectivity index (χ3n) is 3.88. The van der Waals surface area contributed by atoms with Gasteiger partial charge in [-0.2, -0.15) is 0 Å². The van der Waals surface area contributed by atoms with Gasteiger partial charge in [-0.3, -0.25) is 4.89 Å². The first-order valence-corrected chi connectivity index (χ1v) is 9.79. The molecule has 0 unspecified atom stereocenters. The molecule has 0 fully saturated rings. The summed E-state index contributed by atoms with van der Waals surface area (Å²) in [5, 5.41) is 0. The van der Waals surface area contributed by atoms with Crippen molar-refractivity contribution in [2.75, 3.05) is 0 Å². The molecule has 0 bridgehead atoms. The van der Waals surface area contributed by atoms with Crippen LogP contribution in [0.1, 0.15) is 55.5 Å². The molecule has 0 heterocycles. The molecular formula is C20H29MgO4P. The van der Waals surface area contributed by atoms with Crippen molar-refractivity contribution in [3.05, 3.63) is 59.7 Å². The van der Waals surface area contributed by atoms with Crippen LogP contribution in [0, 0.1) is 0 Å². The number of rotatable bonds is 4. The van der Waals surface area contributed by atoms with E-state index in [4.69, 9.17) is 9.05 Å². The number of benzene rings is 2. The monoisotopic (exact) mass is 388 g/mol. The summed E-state index contributed by atoms with van der Waals surface area (Å²) in [6, 6.07) is 14.2. The van der Waals surface area contributed by atoms with E-state index in [1.54, 1.807) is 24.3 Å². The molecule has 0 aromatic heterocycles. The Morgan fingerprint density at radius 2 is 1.00 bits per heavy atom. The largest absolute Gasteiger partial charge is 2.00 e. The second-order valence-corrected chi connectivity index (χ2v) is 9.50. The van der Waals surface area contributed by atoms with Crippen LogP contribution in [0.25, 0.3) is 0 Å². The van der Waals surface area contributed by atoms with E-state index >= 15 is 0 Å². The molecule has 0 saturated heterocycles. The van der Waals surface area contributed by atoms with E-state index in [9.17, 15) is 9.46 Å². The maximum absolute atomic E-state index is 12.2. The van der Waals surface area contributed by atoms with Gasteiger partial charge >= 0.3 is 30.9 Å². The summed E-state index contributed by atoms with van der Waals surface area (Å²) < 4.78 is 22.5. The van der Waals surface area contributed by atoms with Crippen molar-refractivity contribution in [1.82, 2.24) is 0 Å². The number of phosphoric acid groups is 1. The van der Waals surface area contributed by atoms with Gasteiger partial charge in [0.25, 0.3) is 0 Å². The normalized spacial score (nSPS) is 12.3. The molecule has 2 rings (SSSR count). The smallest absolute Gasteiger partial charge is 1.00 e. The summed E-state index contributed by atoms with van der Waals surface area (Å²) in [6.07, 6.45) is 0. The van der Waals surface area contributed by atoms with Crippen molar-refractivity contribution in [2.24, 2.45) is 0 Å². The van der Waals surface area contributed by atoms with E-state index in [0.29, 0.717) is 11.5 Å². The van der Waals surface area contributed by atoms with E-state index in [1.807, 2.05) is 24.3 Å². The number of phosphoric ester groups is 1. The van der Waals surface area contributed by atoms with E-state index in [-0.39, 0.29) is 36.7 Å². The summed E-state index contributed by atoms with van der Waals surface area (Å²) in [4.78, 5) is 9.99. The van der Waals surface area contributed by atoms with Gasteiger partial charge in [-0.1, -0.05) is 65.8 Å². The van der Waals surface area contributed by atoms with Gasteiger partial charge in [-0.25, -0.2) is 4.57 Å². The summed E-state index contributed by atoms with van der Waals surface area (Å²) in [6.45, 7) is 12.6. The van der Waals surface area contributed by atoms with Gasteiger partial charge in [-0.05, 0) is 46.2 Å². The maximum Gasteiger partial charge on any atom is 2.00 e. The van der Waals surface area contributed by atoms with E-state index in [0.717, 1.165) is 11.1 Å². The van der Waals surface area contributed by atoms with Crippen LogP contribution >= 0.6 is 7.82 Å². The average Bonchev–Trinajstić information content (AvgIpc) is 2.45. The minimum atomic E-state index is -4.25. The van der Waals surface area contributed by atoms with Crippen LogP contribution < -0.4 is 9.05 Å². The molecule has 140 valence electrons. The average molecular weight is 389 g/mol. The van der Waals surface area contributed by atoms with Crippen LogP contribution in [0.5, 0.6) is 11.5 Å². The quantitative estimate of drug-likeness (QED) is 0.540. The molecule has 0 atom stereocenters. The first-order chi connectivity index (χ1) is 11.4. The molecule has 0 saturated carbocycles. The summed E-state index contributed by atoms with van der Waals surface area (Å²) in [5.41, 5.74) is 2.25. The Hall–Kier alpha value is -1.00. The number of hydrogen-bond donors (Lipinski definition) is 1. The van der Waals surface area contributed by atoms with E-state index in [2.05, 4.69) is 41.5 Å². The van der Waals surface area contributed by atoms with Crippen molar-refractivity contribution >= 4 is 30.9 Å². The topological polar surface area (TPSA) is 55.8 Å². The van der Waals surface area contributed by atoms with Crippen molar-refractivity contribution < 1.29 is 21.4 Å². The Morgan fingerprint density at radius 1 is 0.731 bits per heavy atom. The molecule has 4 nitrogen and oxygen atoms in total. The van der Waals surface area contributed by atoms with Gasteiger partial charge in [0, 0.05) is 0 Å². The molecular weight excluding hydrogens is 359 g/mol. The molecule has 2 aromatic carbocycles. The van der Waals surface area contributed by atoms with Crippen LogP contribution in [0.3, 0.4) is 0 Å². The zero-order chi connectivity index (χ0) is 18.9. The summed E-state index contributed by atoms with van der Waals surface area (Å²) in [5.74, 6) is 0.593. The third-order valence-corrected chi connectivity index (χ3v) is 4.77. The molecule has 6 heteroatoms. The Bertz CT molecular complexity index is 703. The van der Waals surface area contributed by atoms with Crippen LogP contribution in [0.15, 0.2) is 48.5 Å². The summed E-state index contributed by atoms with van der Waals surface area (Å²) >= 11 is 0. The standard InChI is InChI=1S/C20H27O4P.Mg.2H/c1-19(2,3)15-7-11-17(12-8-15)23-25(21,22)24-18-13-9-16(10-14-18)20(4,5)6;;;/h7-14H,1-6H3,(H,21,22);;;/q;+2;2*-1. The minimum Gasteiger partial charge on any atom is -1.00 e. The minimum absolute atomic E-state index is 0. The fourth-order valence-electron chi connectivity index (χ4n) is 2.32. The van der Waals surface area contributed by atoms with Crippen molar-refractivity contribution in [3.63, 3.8) is 0 Å². The zero-order valence-corrected chi connectivity index (χ0v) is 18.8. The number of hydrogen-bond acceptors (Lipinski definition) is 3. The predicted molar refractivity (Wildman–Crippen MR) is 109 cm³/mol. The molecule has 0 aliphatic heterocycles. The first-order valence-electron chi connectivity index (χ1n) is 8.30. The maximum atomic E-state index is 12.2. The predicted octanol–water partition coefficient (Wildman–Crippen LogP) is 5.68. The van der Waals surface area contributed by atoms with Gasteiger partial charge in [0.15, 0.2) is 0 Å². The zero-order valence-electron chi connectivity index (χ0n) is 18.4. The molecule has 0 amide bonds. The molecule has 1 N–H and O–H groups in total. The molecule has 0 aliphatic rings. The fraction of sp³-hybridized carbons (Fsp3) is 0.400. The van der Waals surface area contributed by atoms with Crippen molar-refractivity contribution in [1.29, 1.82) is 0 Å². The molecule has 0 aliphatic carbocycles. The van der Waals surface area contributed by atoms with Crippen LogP contribution in [0.4, 0.5) is 0 Å². The van der Waals surface area contributed by atoms with Gasteiger partial charge in [0.2, 0.25) is 0 Å². The van der Waals surface area contributed by atoms with Crippen molar-refractivity contribution in [3.8, 4) is 11.5 Å². The van der Waals surface area contributed by atoms with E-state index in [1.165, 1.54) is 0 Å². The first kappa shape index (κ1) is 23.0. The molecule has 0 spiro atoms. The van der Waals surface area contributed by atoms with Gasteiger partial charge in [-0.15, -0.1) is 0 Å². The van der Waals surface area contributed by atoms with Gasteiger partial charge in [0.1, 0.15) is 11.5 Å². The van der Waals surface area contributed by atoms with E-state index < -0.39 is 7.82 Å². The Balaban J connectivity index is 0. The molecule has 2 aromatic rings. The van der Waals surface area contributed by atoms with Gasteiger partial charge < -0.3 is 11.9 Å². The second kappa shape index (κ2) is 8.34. The molecule has 26 heavy (non-hydrogen) atoms. The molecule has 0 radical (unpaired) electrons. The Labute approximate surface area is 175 Å². The van der Waals surface area contributed by atoms with Crippen LogP contribution in [-0.2, 0) is 15.4 Å².